The summed E-state index contributed by atoms with van der Waals surface area (Å²) in [5.74, 6) is 0.934. The fourth-order valence-electron chi connectivity index (χ4n) is 2.05. The topological polar surface area (TPSA) is 86.5 Å². The lowest BCUT2D eigenvalue weighted by molar-refractivity contribution is -0.118. The van der Waals surface area contributed by atoms with Gasteiger partial charge in [0.05, 0.1) is 7.11 Å². The molecule has 0 atom stereocenters. The van der Waals surface area contributed by atoms with Gasteiger partial charge < -0.3 is 14.0 Å². The van der Waals surface area contributed by atoms with Gasteiger partial charge in [-0.2, -0.15) is 0 Å². The molecule has 3 rings (SSSR count). The smallest absolute Gasteiger partial charge is 0.264 e. The molecule has 122 valence electrons. The van der Waals surface area contributed by atoms with Crippen molar-refractivity contribution in [3.63, 3.8) is 0 Å². The number of benzene rings is 1. The summed E-state index contributed by atoms with van der Waals surface area (Å²) in [6, 6.07) is 12.3. The average molecular weight is 325 g/mol. The zero-order valence-corrected chi connectivity index (χ0v) is 12.9. The van der Waals surface area contributed by atoms with Crippen LogP contribution in [0.15, 0.2) is 59.4 Å². The summed E-state index contributed by atoms with van der Waals surface area (Å²) in [6.45, 7) is -0.175. The van der Waals surface area contributed by atoms with Gasteiger partial charge in [0, 0.05) is 24.0 Å². The number of methoxy groups -OCH3 is 1. The molecule has 0 spiro atoms. The number of aromatic nitrogens is 2. The molecule has 0 saturated heterocycles. The molecule has 2 aromatic heterocycles. The van der Waals surface area contributed by atoms with Crippen LogP contribution in [0.3, 0.4) is 0 Å². The van der Waals surface area contributed by atoms with E-state index in [0.29, 0.717) is 17.2 Å². The number of para-hydroxylation sites is 2. The van der Waals surface area contributed by atoms with Crippen molar-refractivity contribution in [2.75, 3.05) is 19.0 Å². The molecule has 0 aliphatic rings. The number of nitrogens with one attached hydrogen (secondary N) is 1. The average Bonchev–Trinajstić information content (AvgIpc) is 3.09. The first-order valence-electron chi connectivity index (χ1n) is 7.19. The molecule has 1 amide bonds. The van der Waals surface area contributed by atoms with Crippen LogP contribution in [0.2, 0.25) is 0 Å². The molecular weight excluding hydrogens is 310 g/mol. The molecule has 7 nitrogen and oxygen atoms in total. The second kappa shape index (κ2) is 7.28. The van der Waals surface area contributed by atoms with E-state index in [1.165, 1.54) is 7.11 Å². The van der Waals surface area contributed by atoms with E-state index in [1.807, 2.05) is 6.07 Å². The lowest BCUT2D eigenvalue weighted by atomic mass is 10.2. The molecule has 1 N–H and O–H groups in total. The molecule has 3 aromatic rings. The molecule has 0 saturated carbocycles. The highest BCUT2D eigenvalue weighted by atomic mass is 16.5. The van der Waals surface area contributed by atoms with Crippen LogP contribution in [-0.2, 0) is 4.79 Å². The van der Waals surface area contributed by atoms with Crippen molar-refractivity contribution in [1.82, 2.24) is 10.1 Å². The highest BCUT2D eigenvalue weighted by Crippen LogP contribution is 2.25. The summed E-state index contributed by atoms with van der Waals surface area (Å²) in [5.41, 5.74) is 1.46. The Morgan fingerprint density at radius 3 is 2.67 bits per heavy atom. The molecule has 0 aliphatic heterocycles. The maximum absolute atomic E-state index is 12.0. The number of hydrogen-bond donors (Lipinski definition) is 1. The number of carbonyl (C=O) groups excluding carboxylic acids is 1. The van der Waals surface area contributed by atoms with E-state index in [2.05, 4.69) is 15.5 Å². The molecule has 0 radical (unpaired) electrons. The first-order valence-corrected chi connectivity index (χ1v) is 7.19. The second-order valence-electron chi connectivity index (χ2n) is 4.80. The molecule has 24 heavy (non-hydrogen) atoms. The minimum atomic E-state index is -0.363. The summed E-state index contributed by atoms with van der Waals surface area (Å²) in [4.78, 5) is 15.9. The molecular formula is C17H15N3O4. The van der Waals surface area contributed by atoms with Gasteiger partial charge in [0.25, 0.3) is 5.91 Å². The van der Waals surface area contributed by atoms with Crippen LogP contribution in [0.1, 0.15) is 0 Å². The van der Waals surface area contributed by atoms with E-state index in [-0.39, 0.29) is 18.4 Å². The molecule has 0 unspecified atom stereocenters. The molecule has 2 heterocycles. The SMILES string of the molecule is COc1ccccc1OCC(=O)Nc1cc(-c2ccncc2)no1. The maximum Gasteiger partial charge on any atom is 0.264 e. The van der Waals surface area contributed by atoms with Gasteiger partial charge in [-0.1, -0.05) is 17.3 Å². The second-order valence-corrected chi connectivity index (χ2v) is 4.80. The first kappa shape index (κ1) is 15.5. The van der Waals surface area contributed by atoms with Crippen molar-refractivity contribution >= 4 is 11.8 Å². The molecule has 1 aromatic carbocycles. The standard InChI is InChI=1S/C17H15N3O4/c1-22-14-4-2-3-5-15(14)23-11-16(21)19-17-10-13(20-24-17)12-6-8-18-9-7-12/h2-10H,11H2,1H3,(H,19,21). The highest BCUT2D eigenvalue weighted by Gasteiger charge is 2.11. The van der Waals surface area contributed by atoms with Crippen LogP contribution in [-0.4, -0.2) is 29.8 Å². The van der Waals surface area contributed by atoms with Gasteiger partial charge in [-0.3, -0.25) is 15.1 Å². The lowest BCUT2D eigenvalue weighted by Gasteiger charge is -2.09. The van der Waals surface area contributed by atoms with E-state index in [4.69, 9.17) is 14.0 Å². The molecule has 0 bridgehead atoms. The highest BCUT2D eigenvalue weighted by molar-refractivity contribution is 5.91. The zero-order valence-electron chi connectivity index (χ0n) is 12.9. The van der Waals surface area contributed by atoms with Gasteiger partial charge in [-0.15, -0.1) is 0 Å². The van der Waals surface area contributed by atoms with E-state index in [9.17, 15) is 4.79 Å². The monoisotopic (exact) mass is 325 g/mol. The summed E-state index contributed by atoms with van der Waals surface area (Å²) >= 11 is 0. The van der Waals surface area contributed by atoms with Crippen molar-refractivity contribution in [2.24, 2.45) is 0 Å². The number of amides is 1. The van der Waals surface area contributed by atoms with Crippen LogP contribution in [0.4, 0.5) is 5.88 Å². The first-order chi connectivity index (χ1) is 11.8. The van der Waals surface area contributed by atoms with Gasteiger partial charge in [0.15, 0.2) is 18.1 Å². The summed E-state index contributed by atoms with van der Waals surface area (Å²) in [6.07, 6.45) is 3.31. The predicted molar refractivity (Wildman–Crippen MR) is 86.9 cm³/mol. The van der Waals surface area contributed by atoms with E-state index in [1.54, 1.807) is 48.8 Å². The van der Waals surface area contributed by atoms with E-state index in [0.717, 1.165) is 5.56 Å². The fourth-order valence-corrected chi connectivity index (χ4v) is 2.05. The normalized spacial score (nSPS) is 10.2. The van der Waals surface area contributed by atoms with Crippen LogP contribution in [0.25, 0.3) is 11.3 Å². The molecule has 7 heteroatoms. The third-order valence-electron chi connectivity index (χ3n) is 3.18. The number of anilines is 1. The van der Waals surface area contributed by atoms with Crippen molar-refractivity contribution in [3.8, 4) is 22.8 Å². The Bertz CT molecular complexity index is 817. The van der Waals surface area contributed by atoms with Gasteiger partial charge in [-0.25, -0.2) is 0 Å². The summed E-state index contributed by atoms with van der Waals surface area (Å²) in [7, 11) is 1.54. The van der Waals surface area contributed by atoms with Crippen LogP contribution in [0, 0.1) is 0 Å². The Hall–Kier alpha value is -3.35. The van der Waals surface area contributed by atoms with Gasteiger partial charge in [-0.05, 0) is 24.3 Å². The van der Waals surface area contributed by atoms with Crippen LogP contribution >= 0.6 is 0 Å². The van der Waals surface area contributed by atoms with E-state index >= 15 is 0 Å². The maximum atomic E-state index is 12.0. The van der Waals surface area contributed by atoms with Crippen molar-refractivity contribution in [2.45, 2.75) is 0 Å². The van der Waals surface area contributed by atoms with Crippen LogP contribution < -0.4 is 14.8 Å². The van der Waals surface area contributed by atoms with Crippen molar-refractivity contribution < 1.29 is 18.8 Å². The summed E-state index contributed by atoms with van der Waals surface area (Å²) in [5, 5.41) is 6.50. The zero-order chi connectivity index (χ0) is 16.8. The third kappa shape index (κ3) is 3.70. The van der Waals surface area contributed by atoms with Crippen molar-refractivity contribution in [1.29, 1.82) is 0 Å². The summed E-state index contributed by atoms with van der Waals surface area (Å²) < 4.78 is 15.7. The van der Waals surface area contributed by atoms with Gasteiger partial charge >= 0.3 is 0 Å². The van der Waals surface area contributed by atoms with Gasteiger partial charge in [0.2, 0.25) is 5.88 Å². The number of rotatable bonds is 6. The van der Waals surface area contributed by atoms with Crippen LogP contribution in [0.5, 0.6) is 11.5 Å². The predicted octanol–water partition coefficient (Wildman–Crippen LogP) is 2.76. The van der Waals surface area contributed by atoms with Gasteiger partial charge in [0.1, 0.15) is 5.69 Å². The fraction of sp³-hybridized carbons (Fsp3) is 0.118. The Morgan fingerprint density at radius 2 is 1.92 bits per heavy atom. The molecule has 0 fully saturated rings. The van der Waals surface area contributed by atoms with E-state index < -0.39 is 0 Å². The van der Waals surface area contributed by atoms with Crippen molar-refractivity contribution in [3.05, 3.63) is 54.9 Å². The Balaban J connectivity index is 1.58. The molecule has 0 aliphatic carbocycles. The minimum absolute atomic E-state index is 0.175. The number of ether oxygens (including phenoxy) is 2. The largest absolute Gasteiger partial charge is 0.493 e. The number of carbonyl (C=O) groups is 1. The Kier molecular flexibility index (Phi) is 4.71. The Morgan fingerprint density at radius 1 is 1.17 bits per heavy atom. The Labute approximate surface area is 138 Å². The third-order valence-corrected chi connectivity index (χ3v) is 3.18. The minimum Gasteiger partial charge on any atom is -0.493 e. The lowest BCUT2D eigenvalue weighted by Crippen LogP contribution is -2.20. The number of nitrogens with zero attached hydrogens (tertiary/aromatic N) is 2. The quantitative estimate of drug-likeness (QED) is 0.750. The number of hydrogen-bond acceptors (Lipinski definition) is 6. The number of pyridine rings is 1.